The van der Waals surface area contributed by atoms with Crippen molar-refractivity contribution >= 4 is 11.4 Å². The van der Waals surface area contributed by atoms with Crippen molar-refractivity contribution in [1.29, 1.82) is 0 Å². The summed E-state index contributed by atoms with van der Waals surface area (Å²) in [5.41, 5.74) is 7.17. The molecule has 0 aliphatic carbocycles. The van der Waals surface area contributed by atoms with Crippen molar-refractivity contribution in [2.75, 3.05) is 37.7 Å². The largest absolute Gasteiger partial charge is 0.385 e. The average Bonchev–Trinajstić information content (AvgIpc) is 3.35. The topological polar surface area (TPSA) is 66.1 Å². The van der Waals surface area contributed by atoms with Crippen molar-refractivity contribution in [1.82, 2.24) is 20.5 Å². The second kappa shape index (κ2) is 10.7. The number of morpholine rings is 1. The molecular weight excluding hydrogens is 398 g/mol. The number of anilines is 1. The van der Waals surface area contributed by atoms with E-state index in [0.29, 0.717) is 0 Å². The van der Waals surface area contributed by atoms with Crippen LogP contribution in [0.1, 0.15) is 34.4 Å². The van der Waals surface area contributed by atoms with Crippen LogP contribution < -0.4 is 10.2 Å². The van der Waals surface area contributed by atoms with Crippen LogP contribution in [0.3, 0.4) is 0 Å². The molecule has 0 radical (unpaired) electrons. The Balaban J connectivity index is 1.49. The lowest BCUT2D eigenvalue weighted by Gasteiger charge is -2.30. The van der Waals surface area contributed by atoms with Gasteiger partial charge in [-0.25, -0.2) is 4.98 Å². The maximum Gasteiger partial charge on any atom is 0.113 e. The molecule has 3 heterocycles. The number of pyridine rings is 1. The standard InChI is InChI=1S/C26H29N5O/c1-20-5-8-25(28-17-20)9-6-24-16-23(7-10-26(24)31-12-14-32-15-13-31)21(2)27-11-3-4-22-18-29-30-19-22/h5,7-8,10,16-19,27H,2-4,11-15H2,1H3,(H,29,30). The van der Waals surface area contributed by atoms with Crippen LogP contribution in [0.15, 0.2) is 55.5 Å². The third kappa shape index (κ3) is 5.77. The fourth-order valence-corrected chi connectivity index (χ4v) is 3.63. The van der Waals surface area contributed by atoms with Crippen molar-refractivity contribution in [3.05, 3.63) is 83.4 Å². The van der Waals surface area contributed by atoms with Gasteiger partial charge in [-0.15, -0.1) is 0 Å². The molecule has 0 unspecified atom stereocenters. The van der Waals surface area contributed by atoms with Crippen LogP contribution in [0.4, 0.5) is 5.69 Å². The lowest BCUT2D eigenvalue weighted by atomic mass is 10.0. The number of aromatic nitrogens is 3. The Labute approximate surface area is 189 Å². The minimum absolute atomic E-state index is 0.735. The maximum absolute atomic E-state index is 5.53. The molecule has 1 saturated heterocycles. The average molecular weight is 428 g/mol. The summed E-state index contributed by atoms with van der Waals surface area (Å²) in [6, 6.07) is 10.4. The Kier molecular flexibility index (Phi) is 7.21. The van der Waals surface area contributed by atoms with E-state index in [1.165, 1.54) is 5.56 Å². The van der Waals surface area contributed by atoms with Gasteiger partial charge in [0.15, 0.2) is 0 Å². The zero-order chi connectivity index (χ0) is 22.2. The van der Waals surface area contributed by atoms with E-state index >= 15 is 0 Å². The molecule has 0 bridgehead atoms. The Hall–Kier alpha value is -3.56. The van der Waals surface area contributed by atoms with Crippen molar-refractivity contribution < 1.29 is 4.74 Å². The predicted molar refractivity (Wildman–Crippen MR) is 128 cm³/mol. The van der Waals surface area contributed by atoms with E-state index in [-0.39, 0.29) is 0 Å². The Bertz CT molecular complexity index is 1090. The first-order valence-corrected chi connectivity index (χ1v) is 11.0. The van der Waals surface area contributed by atoms with E-state index in [0.717, 1.165) is 79.5 Å². The van der Waals surface area contributed by atoms with Gasteiger partial charge >= 0.3 is 0 Å². The molecule has 6 heteroatoms. The van der Waals surface area contributed by atoms with Crippen LogP contribution in [-0.4, -0.2) is 48.0 Å². The number of aromatic amines is 1. The summed E-state index contributed by atoms with van der Waals surface area (Å²) in [4.78, 5) is 6.75. The SMILES string of the molecule is C=C(NCCCc1cn[nH]c1)c1ccc(N2CCOCC2)c(C#Cc2ccc(C)cn2)c1. The molecule has 0 atom stereocenters. The molecule has 1 fully saturated rings. The molecule has 164 valence electrons. The number of benzene rings is 1. The molecule has 0 spiro atoms. The summed E-state index contributed by atoms with van der Waals surface area (Å²) >= 11 is 0. The minimum Gasteiger partial charge on any atom is -0.385 e. The zero-order valence-corrected chi connectivity index (χ0v) is 18.5. The lowest BCUT2D eigenvalue weighted by Crippen LogP contribution is -2.36. The van der Waals surface area contributed by atoms with E-state index in [1.807, 2.05) is 37.6 Å². The molecule has 1 aliphatic rings. The number of hydrogen-bond donors (Lipinski definition) is 2. The number of hydrogen-bond acceptors (Lipinski definition) is 5. The fourth-order valence-electron chi connectivity index (χ4n) is 3.63. The highest BCUT2D eigenvalue weighted by Crippen LogP contribution is 2.25. The fraction of sp³-hybridized carbons (Fsp3) is 0.308. The first kappa shape index (κ1) is 21.7. The van der Waals surface area contributed by atoms with Crippen molar-refractivity contribution in [2.45, 2.75) is 19.8 Å². The van der Waals surface area contributed by atoms with Gasteiger partial charge in [-0.05, 0) is 60.6 Å². The van der Waals surface area contributed by atoms with E-state index in [1.54, 1.807) is 0 Å². The highest BCUT2D eigenvalue weighted by atomic mass is 16.5. The smallest absolute Gasteiger partial charge is 0.113 e. The van der Waals surface area contributed by atoms with E-state index in [4.69, 9.17) is 4.74 Å². The maximum atomic E-state index is 5.53. The first-order valence-electron chi connectivity index (χ1n) is 11.0. The van der Waals surface area contributed by atoms with E-state index < -0.39 is 0 Å². The molecule has 4 rings (SSSR count). The lowest BCUT2D eigenvalue weighted by molar-refractivity contribution is 0.122. The molecule has 0 amide bonds. The number of ether oxygens (including phenoxy) is 1. The highest BCUT2D eigenvalue weighted by Gasteiger charge is 2.15. The molecule has 3 aromatic rings. The van der Waals surface area contributed by atoms with Crippen molar-refractivity contribution in [3.8, 4) is 11.8 Å². The molecule has 1 aromatic carbocycles. The Morgan fingerprint density at radius 1 is 1.19 bits per heavy atom. The first-order chi connectivity index (χ1) is 15.7. The predicted octanol–water partition coefficient (Wildman–Crippen LogP) is 3.54. The van der Waals surface area contributed by atoms with Crippen LogP contribution in [-0.2, 0) is 11.2 Å². The highest BCUT2D eigenvalue weighted by molar-refractivity contribution is 5.70. The molecule has 1 aliphatic heterocycles. The molecule has 2 aromatic heterocycles. The van der Waals surface area contributed by atoms with Gasteiger partial charge in [0.1, 0.15) is 5.69 Å². The Morgan fingerprint density at radius 3 is 2.81 bits per heavy atom. The Morgan fingerprint density at radius 2 is 2.06 bits per heavy atom. The summed E-state index contributed by atoms with van der Waals surface area (Å²) in [5.74, 6) is 6.58. The van der Waals surface area contributed by atoms with E-state index in [9.17, 15) is 0 Å². The van der Waals surface area contributed by atoms with Gasteiger partial charge < -0.3 is 15.0 Å². The number of H-pyrrole nitrogens is 1. The number of nitrogens with one attached hydrogen (secondary N) is 2. The third-order valence-corrected chi connectivity index (χ3v) is 5.47. The van der Waals surface area contributed by atoms with Gasteiger partial charge in [0, 0.05) is 43.3 Å². The summed E-state index contributed by atoms with van der Waals surface area (Å²) < 4.78 is 5.53. The second-order valence-corrected chi connectivity index (χ2v) is 7.92. The van der Waals surface area contributed by atoms with Gasteiger partial charge in [0.05, 0.1) is 25.1 Å². The number of rotatable bonds is 7. The third-order valence-electron chi connectivity index (χ3n) is 5.47. The van der Waals surface area contributed by atoms with Crippen molar-refractivity contribution in [2.24, 2.45) is 0 Å². The second-order valence-electron chi connectivity index (χ2n) is 7.92. The molecule has 32 heavy (non-hydrogen) atoms. The number of nitrogens with zero attached hydrogens (tertiary/aromatic N) is 3. The molecule has 0 saturated carbocycles. The van der Waals surface area contributed by atoms with Crippen LogP contribution in [0.25, 0.3) is 5.70 Å². The van der Waals surface area contributed by atoms with Gasteiger partial charge in [-0.1, -0.05) is 24.6 Å². The summed E-state index contributed by atoms with van der Waals surface area (Å²) in [7, 11) is 0. The minimum atomic E-state index is 0.735. The summed E-state index contributed by atoms with van der Waals surface area (Å²) in [5, 5.41) is 10.3. The summed E-state index contributed by atoms with van der Waals surface area (Å²) in [6.07, 6.45) is 7.64. The van der Waals surface area contributed by atoms with Crippen molar-refractivity contribution in [3.63, 3.8) is 0 Å². The normalized spacial score (nSPS) is 13.3. The van der Waals surface area contributed by atoms with Gasteiger partial charge in [0.2, 0.25) is 0 Å². The van der Waals surface area contributed by atoms with Gasteiger partial charge in [0.25, 0.3) is 0 Å². The molecule has 6 nitrogen and oxygen atoms in total. The quantitative estimate of drug-likeness (QED) is 0.446. The summed E-state index contributed by atoms with van der Waals surface area (Å²) in [6.45, 7) is 10.3. The van der Waals surface area contributed by atoms with Crippen LogP contribution in [0, 0.1) is 18.8 Å². The van der Waals surface area contributed by atoms with Gasteiger partial charge in [-0.2, -0.15) is 5.10 Å². The molecular formula is C26H29N5O. The monoisotopic (exact) mass is 427 g/mol. The molecule has 2 N–H and O–H groups in total. The number of aryl methyl sites for hydroxylation is 2. The van der Waals surface area contributed by atoms with Crippen LogP contribution in [0.5, 0.6) is 0 Å². The van der Waals surface area contributed by atoms with Crippen LogP contribution >= 0.6 is 0 Å². The van der Waals surface area contributed by atoms with Gasteiger partial charge in [-0.3, -0.25) is 5.10 Å². The zero-order valence-electron chi connectivity index (χ0n) is 18.5. The van der Waals surface area contributed by atoms with E-state index in [2.05, 4.69) is 62.0 Å². The van der Waals surface area contributed by atoms with Crippen LogP contribution in [0.2, 0.25) is 0 Å².